The molecule has 0 aromatic rings. The van der Waals surface area contributed by atoms with E-state index in [0.29, 0.717) is 23.8 Å². The summed E-state index contributed by atoms with van der Waals surface area (Å²) in [4.78, 5) is 13.8. The molecule has 3 heteroatoms. The summed E-state index contributed by atoms with van der Waals surface area (Å²) < 4.78 is 0. The maximum absolute atomic E-state index is 11.8. The van der Waals surface area contributed by atoms with Crippen molar-refractivity contribution < 1.29 is 4.79 Å². The van der Waals surface area contributed by atoms with Crippen LogP contribution < -0.4 is 5.32 Å². The average molecular weight is 226 g/mol. The topological polar surface area (TPSA) is 32.3 Å². The van der Waals surface area contributed by atoms with Crippen LogP contribution in [0.3, 0.4) is 0 Å². The molecule has 16 heavy (non-hydrogen) atoms. The first-order chi connectivity index (χ1) is 7.62. The van der Waals surface area contributed by atoms with E-state index in [-0.39, 0.29) is 0 Å². The van der Waals surface area contributed by atoms with Gasteiger partial charge in [0.15, 0.2) is 0 Å². The number of rotatable bonds is 6. The predicted octanol–water partition coefficient (Wildman–Crippen LogP) is 1.88. The second-order valence-electron chi connectivity index (χ2n) is 5.06. The lowest BCUT2D eigenvalue weighted by Gasteiger charge is -2.28. The minimum absolute atomic E-state index is 0.343. The van der Waals surface area contributed by atoms with E-state index in [1.807, 2.05) is 11.9 Å². The highest BCUT2D eigenvalue weighted by molar-refractivity contribution is 5.78. The standard InChI is InChI=1S/C13H26N2O/c1-5-10(3)12(14-4)9-15-8-11(6-2)7-13(15)16/h10-12,14H,5-9H2,1-4H3. The highest BCUT2D eigenvalue weighted by Crippen LogP contribution is 2.21. The van der Waals surface area contributed by atoms with Gasteiger partial charge in [0, 0.05) is 25.6 Å². The SMILES string of the molecule is CCC1CC(=O)N(CC(NC)C(C)CC)C1. The Labute approximate surface area is 99.6 Å². The number of carbonyl (C=O) groups excluding carboxylic acids is 1. The van der Waals surface area contributed by atoms with Crippen LogP contribution in [0, 0.1) is 11.8 Å². The molecule has 0 spiro atoms. The highest BCUT2D eigenvalue weighted by atomic mass is 16.2. The van der Waals surface area contributed by atoms with Gasteiger partial charge in [-0.3, -0.25) is 4.79 Å². The minimum atomic E-state index is 0.343. The zero-order valence-electron chi connectivity index (χ0n) is 11.1. The molecule has 1 N–H and O–H groups in total. The highest BCUT2D eigenvalue weighted by Gasteiger charge is 2.30. The van der Waals surface area contributed by atoms with E-state index in [9.17, 15) is 4.79 Å². The average Bonchev–Trinajstić information content (AvgIpc) is 2.66. The third-order valence-corrected chi connectivity index (χ3v) is 3.99. The fraction of sp³-hybridized carbons (Fsp3) is 0.923. The summed E-state index contributed by atoms with van der Waals surface area (Å²) in [5.41, 5.74) is 0. The molecule has 1 aliphatic heterocycles. The van der Waals surface area contributed by atoms with E-state index in [2.05, 4.69) is 26.1 Å². The molecule has 0 bridgehead atoms. The Kier molecular flexibility index (Phi) is 5.26. The van der Waals surface area contributed by atoms with Gasteiger partial charge in [0.05, 0.1) is 0 Å². The summed E-state index contributed by atoms with van der Waals surface area (Å²) in [6, 6.07) is 0.435. The zero-order valence-corrected chi connectivity index (χ0v) is 11.1. The molecule has 1 rings (SSSR count). The van der Waals surface area contributed by atoms with Crippen LogP contribution in [-0.2, 0) is 4.79 Å². The Balaban J connectivity index is 2.49. The van der Waals surface area contributed by atoms with Gasteiger partial charge in [-0.2, -0.15) is 0 Å². The summed E-state index contributed by atoms with van der Waals surface area (Å²) in [6.07, 6.45) is 3.04. The lowest BCUT2D eigenvalue weighted by atomic mass is 9.99. The third-order valence-electron chi connectivity index (χ3n) is 3.99. The summed E-state index contributed by atoms with van der Waals surface area (Å²) >= 11 is 0. The molecule has 1 aliphatic rings. The Morgan fingerprint density at radius 1 is 1.50 bits per heavy atom. The van der Waals surface area contributed by atoms with Gasteiger partial charge in [-0.25, -0.2) is 0 Å². The van der Waals surface area contributed by atoms with E-state index in [1.54, 1.807) is 0 Å². The maximum atomic E-state index is 11.8. The molecule has 1 saturated heterocycles. The van der Waals surface area contributed by atoms with E-state index in [0.717, 1.165) is 32.4 Å². The van der Waals surface area contributed by atoms with Crippen molar-refractivity contribution >= 4 is 5.91 Å². The van der Waals surface area contributed by atoms with Crippen LogP contribution in [0.25, 0.3) is 0 Å². The molecule has 1 heterocycles. The lowest BCUT2D eigenvalue weighted by molar-refractivity contribution is -0.128. The van der Waals surface area contributed by atoms with Gasteiger partial charge in [0.2, 0.25) is 5.91 Å². The number of hydrogen-bond acceptors (Lipinski definition) is 2. The van der Waals surface area contributed by atoms with Crippen molar-refractivity contribution in [3.63, 3.8) is 0 Å². The summed E-state index contributed by atoms with van der Waals surface area (Å²) in [5, 5.41) is 3.34. The smallest absolute Gasteiger partial charge is 0.222 e. The normalized spacial score (nSPS) is 24.9. The number of likely N-dealkylation sites (N-methyl/N-ethyl adjacent to an activating group) is 1. The van der Waals surface area contributed by atoms with Crippen molar-refractivity contribution in [2.45, 2.75) is 46.1 Å². The molecular weight excluding hydrogens is 200 g/mol. The Hall–Kier alpha value is -0.570. The van der Waals surface area contributed by atoms with Crippen molar-refractivity contribution in [1.82, 2.24) is 10.2 Å². The molecule has 0 aliphatic carbocycles. The van der Waals surface area contributed by atoms with Crippen molar-refractivity contribution in [3.05, 3.63) is 0 Å². The van der Waals surface area contributed by atoms with Crippen LogP contribution in [0.15, 0.2) is 0 Å². The number of nitrogens with zero attached hydrogens (tertiary/aromatic N) is 1. The van der Waals surface area contributed by atoms with E-state index in [4.69, 9.17) is 0 Å². The molecule has 0 aromatic heterocycles. The number of hydrogen-bond donors (Lipinski definition) is 1. The second kappa shape index (κ2) is 6.24. The van der Waals surface area contributed by atoms with E-state index >= 15 is 0 Å². The minimum Gasteiger partial charge on any atom is -0.341 e. The van der Waals surface area contributed by atoms with Gasteiger partial charge in [-0.05, 0) is 18.9 Å². The van der Waals surface area contributed by atoms with Crippen LogP contribution in [0.5, 0.6) is 0 Å². The quantitative estimate of drug-likeness (QED) is 0.750. The van der Waals surface area contributed by atoms with Crippen molar-refractivity contribution in [3.8, 4) is 0 Å². The number of amides is 1. The number of carbonyl (C=O) groups is 1. The fourth-order valence-electron chi connectivity index (χ4n) is 2.38. The molecule has 0 saturated carbocycles. The molecule has 3 nitrogen and oxygen atoms in total. The molecular formula is C13H26N2O. The zero-order chi connectivity index (χ0) is 12.1. The maximum Gasteiger partial charge on any atom is 0.222 e. The Bertz CT molecular complexity index is 230. The van der Waals surface area contributed by atoms with Crippen molar-refractivity contribution in [1.29, 1.82) is 0 Å². The van der Waals surface area contributed by atoms with Gasteiger partial charge in [-0.15, -0.1) is 0 Å². The first-order valence-corrected chi connectivity index (χ1v) is 6.57. The number of nitrogens with one attached hydrogen (secondary N) is 1. The third kappa shape index (κ3) is 3.21. The van der Waals surface area contributed by atoms with Gasteiger partial charge < -0.3 is 10.2 Å². The molecule has 0 radical (unpaired) electrons. The van der Waals surface area contributed by atoms with E-state index in [1.165, 1.54) is 0 Å². The largest absolute Gasteiger partial charge is 0.341 e. The monoisotopic (exact) mass is 226 g/mol. The second-order valence-corrected chi connectivity index (χ2v) is 5.06. The Morgan fingerprint density at radius 2 is 2.19 bits per heavy atom. The molecule has 1 fully saturated rings. The van der Waals surface area contributed by atoms with Crippen LogP contribution >= 0.6 is 0 Å². The first-order valence-electron chi connectivity index (χ1n) is 6.57. The van der Waals surface area contributed by atoms with Gasteiger partial charge in [0.1, 0.15) is 0 Å². The predicted molar refractivity (Wildman–Crippen MR) is 67.3 cm³/mol. The number of likely N-dealkylation sites (tertiary alicyclic amines) is 1. The Morgan fingerprint density at radius 3 is 2.62 bits per heavy atom. The lowest BCUT2D eigenvalue weighted by Crippen LogP contribution is -2.43. The molecule has 0 aromatic carbocycles. The van der Waals surface area contributed by atoms with Crippen molar-refractivity contribution in [2.24, 2.45) is 11.8 Å². The first kappa shape index (κ1) is 13.5. The van der Waals surface area contributed by atoms with Crippen LogP contribution in [0.2, 0.25) is 0 Å². The van der Waals surface area contributed by atoms with Gasteiger partial charge in [0.25, 0.3) is 0 Å². The summed E-state index contributed by atoms with van der Waals surface area (Å²) in [5.74, 6) is 1.55. The van der Waals surface area contributed by atoms with Crippen LogP contribution in [0.1, 0.15) is 40.0 Å². The molecule has 3 unspecified atom stereocenters. The molecule has 94 valence electrons. The molecule has 3 atom stereocenters. The van der Waals surface area contributed by atoms with Crippen molar-refractivity contribution in [2.75, 3.05) is 20.1 Å². The summed E-state index contributed by atoms with van der Waals surface area (Å²) in [7, 11) is 1.99. The van der Waals surface area contributed by atoms with Crippen LogP contribution in [0.4, 0.5) is 0 Å². The fourth-order valence-corrected chi connectivity index (χ4v) is 2.38. The van der Waals surface area contributed by atoms with Crippen LogP contribution in [-0.4, -0.2) is 37.0 Å². The van der Waals surface area contributed by atoms with Gasteiger partial charge >= 0.3 is 0 Å². The summed E-state index contributed by atoms with van der Waals surface area (Å²) in [6.45, 7) is 8.46. The van der Waals surface area contributed by atoms with Gasteiger partial charge in [-0.1, -0.05) is 33.6 Å². The molecule has 1 amide bonds. The van der Waals surface area contributed by atoms with E-state index < -0.39 is 0 Å².